The number of fused-ring (bicyclic) bond motifs is 1. The minimum atomic E-state index is -0.405. The zero-order valence-electron chi connectivity index (χ0n) is 18.2. The molecule has 4 rings (SSSR count). The van der Waals surface area contributed by atoms with E-state index in [2.05, 4.69) is 10.4 Å². The minimum Gasteiger partial charge on any atom is -0.446 e. The van der Waals surface area contributed by atoms with Crippen molar-refractivity contribution in [2.75, 3.05) is 28.7 Å². The first-order chi connectivity index (χ1) is 14.3. The number of nitrogens with one attached hydrogen (secondary N) is 1. The molecule has 8 heteroatoms. The fraction of sp³-hybridized carbons (Fsp3) is 0.500. The molecule has 0 saturated heterocycles. The number of aromatic nitrogens is 2. The zero-order chi connectivity index (χ0) is 21.6. The Hall–Kier alpha value is -3.03. The Kier molecular flexibility index (Phi) is 5.17. The Balaban J connectivity index is 1.84. The molecule has 2 amide bonds. The molecule has 0 radical (unpaired) electrons. The van der Waals surface area contributed by atoms with Gasteiger partial charge in [0.25, 0.3) is 0 Å². The van der Waals surface area contributed by atoms with E-state index >= 15 is 0 Å². The van der Waals surface area contributed by atoms with Gasteiger partial charge < -0.3 is 15.0 Å². The average Bonchev–Trinajstić information content (AvgIpc) is 3.42. The molecule has 0 spiro atoms. The smallest absolute Gasteiger partial charge is 0.414 e. The SMILES string of the molecule is CNc1cc2c(cc1-c1cnn(C3CC3)c1)N(C(=O)OC(C)C)CC(C)N2C(C)=O. The van der Waals surface area contributed by atoms with Crippen molar-refractivity contribution in [1.82, 2.24) is 9.78 Å². The van der Waals surface area contributed by atoms with Crippen LogP contribution in [-0.2, 0) is 9.53 Å². The maximum atomic E-state index is 12.9. The molecule has 1 N–H and O–H groups in total. The second-order valence-corrected chi connectivity index (χ2v) is 8.36. The summed E-state index contributed by atoms with van der Waals surface area (Å²) in [5.74, 6) is -0.0583. The van der Waals surface area contributed by atoms with Crippen LogP contribution in [0.3, 0.4) is 0 Å². The van der Waals surface area contributed by atoms with Crippen molar-refractivity contribution in [3.8, 4) is 11.1 Å². The fourth-order valence-electron chi connectivity index (χ4n) is 4.05. The zero-order valence-corrected chi connectivity index (χ0v) is 18.2. The molecule has 2 heterocycles. The van der Waals surface area contributed by atoms with E-state index in [1.807, 2.05) is 57.0 Å². The summed E-state index contributed by atoms with van der Waals surface area (Å²) in [4.78, 5) is 28.7. The molecule has 1 atom stereocenters. The number of anilines is 3. The molecular formula is C22H29N5O3. The fourth-order valence-corrected chi connectivity index (χ4v) is 4.05. The standard InChI is InChI=1S/C22H29N5O3/c1-13(2)30-22(29)25-11-14(3)27(15(4)28)21-9-19(23-5)18(8-20(21)25)16-10-24-26(12-16)17-6-7-17/h8-10,12-14,17,23H,6-7,11H2,1-5H3. The lowest BCUT2D eigenvalue weighted by molar-refractivity contribution is -0.117. The van der Waals surface area contributed by atoms with Crippen LogP contribution in [0.1, 0.15) is 46.6 Å². The third kappa shape index (κ3) is 3.62. The monoisotopic (exact) mass is 411 g/mol. The Labute approximate surface area is 176 Å². The molecular weight excluding hydrogens is 382 g/mol. The average molecular weight is 412 g/mol. The van der Waals surface area contributed by atoms with E-state index in [1.54, 1.807) is 16.7 Å². The number of carbonyl (C=O) groups is 2. The number of hydrogen-bond acceptors (Lipinski definition) is 5. The van der Waals surface area contributed by atoms with Crippen LogP contribution < -0.4 is 15.1 Å². The van der Waals surface area contributed by atoms with Crippen LogP contribution in [0.25, 0.3) is 11.1 Å². The third-order valence-electron chi connectivity index (χ3n) is 5.55. The molecule has 1 aliphatic heterocycles. The number of nitrogens with zero attached hydrogens (tertiary/aromatic N) is 4. The summed E-state index contributed by atoms with van der Waals surface area (Å²) in [6.45, 7) is 7.52. The van der Waals surface area contributed by atoms with Crippen LogP contribution in [0.5, 0.6) is 0 Å². The van der Waals surface area contributed by atoms with Gasteiger partial charge in [-0.25, -0.2) is 4.79 Å². The normalized spacial score (nSPS) is 18.4. The van der Waals surface area contributed by atoms with Crippen LogP contribution in [-0.4, -0.2) is 47.5 Å². The molecule has 1 unspecified atom stereocenters. The summed E-state index contributed by atoms with van der Waals surface area (Å²) < 4.78 is 7.49. The predicted molar refractivity (Wildman–Crippen MR) is 117 cm³/mol. The van der Waals surface area contributed by atoms with Crippen LogP contribution in [0.2, 0.25) is 0 Å². The second-order valence-electron chi connectivity index (χ2n) is 8.36. The summed E-state index contributed by atoms with van der Waals surface area (Å²) >= 11 is 0. The molecule has 0 bridgehead atoms. The van der Waals surface area contributed by atoms with Gasteiger partial charge >= 0.3 is 6.09 Å². The molecule has 30 heavy (non-hydrogen) atoms. The summed E-state index contributed by atoms with van der Waals surface area (Å²) in [6, 6.07) is 4.22. The van der Waals surface area contributed by atoms with Gasteiger partial charge in [0.05, 0.1) is 35.8 Å². The number of ether oxygens (including phenoxy) is 1. The van der Waals surface area contributed by atoms with E-state index in [0.29, 0.717) is 24.0 Å². The number of hydrogen-bond donors (Lipinski definition) is 1. The van der Waals surface area contributed by atoms with Gasteiger partial charge in [0, 0.05) is 43.5 Å². The maximum absolute atomic E-state index is 12.9. The van der Waals surface area contributed by atoms with Crippen LogP contribution in [0.4, 0.5) is 21.9 Å². The molecule has 2 aromatic rings. The third-order valence-corrected chi connectivity index (χ3v) is 5.55. The van der Waals surface area contributed by atoms with Gasteiger partial charge in [0.1, 0.15) is 0 Å². The molecule has 1 aromatic heterocycles. The van der Waals surface area contributed by atoms with E-state index in [1.165, 1.54) is 0 Å². The minimum absolute atomic E-state index is 0.0583. The van der Waals surface area contributed by atoms with Crippen molar-refractivity contribution in [1.29, 1.82) is 0 Å². The highest BCUT2D eigenvalue weighted by atomic mass is 16.6. The first kappa shape index (κ1) is 20.3. The van der Waals surface area contributed by atoms with Crippen molar-refractivity contribution >= 4 is 29.1 Å². The van der Waals surface area contributed by atoms with Gasteiger partial charge in [-0.15, -0.1) is 0 Å². The van der Waals surface area contributed by atoms with Crippen LogP contribution in [0.15, 0.2) is 24.5 Å². The van der Waals surface area contributed by atoms with E-state index in [9.17, 15) is 9.59 Å². The number of amides is 2. The number of rotatable bonds is 4. The van der Waals surface area contributed by atoms with Gasteiger partial charge in [-0.3, -0.25) is 14.4 Å². The predicted octanol–water partition coefficient (Wildman–Crippen LogP) is 4.03. The number of benzene rings is 1. The Morgan fingerprint density at radius 2 is 1.97 bits per heavy atom. The van der Waals surface area contributed by atoms with E-state index in [0.717, 1.165) is 29.7 Å². The first-order valence-electron chi connectivity index (χ1n) is 10.5. The molecule has 1 fully saturated rings. The molecule has 160 valence electrons. The van der Waals surface area contributed by atoms with E-state index in [4.69, 9.17) is 4.74 Å². The maximum Gasteiger partial charge on any atom is 0.414 e. The van der Waals surface area contributed by atoms with E-state index in [-0.39, 0.29) is 18.1 Å². The summed E-state index contributed by atoms with van der Waals surface area (Å²) in [5.41, 5.74) is 4.15. The van der Waals surface area contributed by atoms with Crippen molar-refractivity contribution in [3.05, 3.63) is 24.5 Å². The largest absolute Gasteiger partial charge is 0.446 e. The van der Waals surface area contributed by atoms with Gasteiger partial charge in [-0.1, -0.05) is 0 Å². The molecule has 1 saturated carbocycles. The highest BCUT2D eigenvalue weighted by molar-refractivity contribution is 6.05. The Morgan fingerprint density at radius 3 is 2.57 bits per heavy atom. The molecule has 1 aromatic carbocycles. The summed E-state index contributed by atoms with van der Waals surface area (Å²) in [6.07, 6.45) is 5.58. The van der Waals surface area contributed by atoms with Gasteiger partial charge in [-0.05, 0) is 45.7 Å². The lowest BCUT2D eigenvalue weighted by Gasteiger charge is -2.41. The van der Waals surface area contributed by atoms with Crippen molar-refractivity contribution in [3.63, 3.8) is 0 Å². The Bertz CT molecular complexity index is 979. The molecule has 1 aliphatic carbocycles. The van der Waals surface area contributed by atoms with Crippen LogP contribution >= 0.6 is 0 Å². The van der Waals surface area contributed by atoms with Gasteiger partial charge in [0.15, 0.2) is 0 Å². The topological polar surface area (TPSA) is 79.7 Å². The molecule has 2 aliphatic rings. The van der Waals surface area contributed by atoms with Crippen molar-refractivity contribution < 1.29 is 14.3 Å². The van der Waals surface area contributed by atoms with Crippen molar-refractivity contribution in [2.24, 2.45) is 0 Å². The highest BCUT2D eigenvalue weighted by Gasteiger charge is 2.36. The summed E-state index contributed by atoms with van der Waals surface area (Å²) in [5, 5.41) is 7.75. The van der Waals surface area contributed by atoms with Crippen LogP contribution in [0, 0.1) is 0 Å². The summed E-state index contributed by atoms with van der Waals surface area (Å²) in [7, 11) is 1.85. The lowest BCUT2D eigenvalue weighted by atomic mass is 10.0. The number of carbonyl (C=O) groups excluding carboxylic acids is 2. The van der Waals surface area contributed by atoms with Crippen molar-refractivity contribution in [2.45, 2.75) is 58.7 Å². The van der Waals surface area contributed by atoms with E-state index < -0.39 is 6.09 Å². The van der Waals surface area contributed by atoms with Gasteiger partial charge in [0.2, 0.25) is 5.91 Å². The first-order valence-corrected chi connectivity index (χ1v) is 10.5. The lowest BCUT2D eigenvalue weighted by Crippen LogP contribution is -2.51. The van der Waals surface area contributed by atoms with Gasteiger partial charge in [-0.2, -0.15) is 5.10 Å². The quantitative estimate of drug-likeness (QED) is 0.822. The Morgan fingerprint density at radius 1 is 1.23 bits per heavy atom. The second kappa shape index (κ2) is 7.66. The molecule has 8 nitrogen and oxygen atoms in total. The highest BCUT2D eigenvalue weighted by Crippen LogP contribution is 2.44.